The number of methoxy groups -OCH3 is 1. The average Bonchev–Trinajstić information content (AvgIpc) is 2.26. The fraction of sp³-hybridized carbons (Fsp3) is 0.400. The molecule has 0 amide bonds. The van der Waals surface area contributed by atoms with Crippen LogP contribution in [0.25, 0.3) is 0 Å². The van der Waals surface area contributed by atoms with E-state index in [0.717, 1.165) is 0 Å². The molecule has 0 spiro atoms. The van der Waals surface area contributed by atoms with E-state index in [9.17, 15) is 10.1 Å². The fourth-order valence-electron chi connectivity index (χ4n) is 1.31. The Kier molecular flexibility index (Phi) is 4.07. The van der Waals surface area contributed by atoms with Gasteiger partial charge in [-0.25, -0.2) is 0 Å². The second-order valence-corrected chi connectivity index (χ2v) is 3.12. The number of non-ortho nitro benzene ring substituents is 1. The standard InChI is InChI=1S/C10H13NO5/c1-7-5-8(11(13)14)6-9(15-2)10(7)16-4-3-12/h5-6,12H,3-4H2,1-2H3. The Morgan fingerprint density at radius 1 is 1.50 bits per heavy atom. The van der Waals surface area contributed by atoms with Crippen LogP contribution in [-0.4, -0.2) is 30.4 Å². The summed E-state index contributed by atoms with van der Waals surface area (Å²) in [6.45, 7) is 1.68. The average molecular weight is 227 g/mol. The minimum absolute atomic E-state index is 0.0503. The van der Waals surface area contributed by atoms with Crippen LogP contribution in [0, 0.1) is 17.0 Å². The van der Waals surface area contributed by atoms with Gasteiger partial charge in [0.2, 0.25) is 0 Å². The number of aliphatic hydroxyl groups is 1. The van der Waals surface area contributed by atoms with Crippen LogP contribution in [0.2, 0.25) is 0 Å². The minimum Gasteiger partial charge on any atom is -0.493 e. The van der Waals surface area contributed by atoms with Crippen molar-refractivity contribution >= 4 is 5.69 Å². The summed E-state index contributed by atoms with van der Waals surface area (Å²) in [4.78, 5) is 10.1. The van der Waals surface area contributed by atoms with E-state index in [1.807, 2.05) is 0 Å². The van der Waals surface area contributed by atoms with Crippen LogP contribution >= 0.6 is 0 Å². The van der Waals surface area contributed by atoms with Gasteiger partial charge in [0.15, 0.2) is 11.5 Å². The quantitative estimate of drug-likeness (QED) is 0.605. The Balaban J connectivity index is 3.12. The zero-order valence-electron chi connectivity index (χ0n) is 9.10. The highest BCUT2D eigenvalue weighted by molar-refractivity contribution is 5.53. The summed E-state index contributed by atoms with van der Waals surface area (Å²) in [6.07, 6.45) is 0. The molecule has 0 heterocycles. The number of nitro benzene ring substituents is 1. The second kappa shape index (κ2) is 5.32. The van der Waals surface area contributed by atoms with Crippen LogP contribution in [0.15, 0.2) is 12.1 Å². The zero-order chi connectivity index (χ0) is 12.1. The Hall–Kier alpha value is -1.82. The summed E-state index contributed by atoms with van der Waals surface area (Å²) < 4.78 is 10.2. The van der Waals surface area contributed by atoms with Crippen molar-refractivity contribution in [1.82, 2.24) is 0 Å². The van der Waals surface area contributed by atoms with Crippen LogP contribution in [0.4, 0.5) is 5.69 Å². The third kappa shape index (κ3) is 2.60. The maximum Gasteiger partial charge on any atom is 0.273 e. The monoisotopic (exact) mass is 227 g/mol. The number of nitro groups is 1. The molecule has 0 aliphatic rings. The number of rotatable bonds is 5. The van der Waals surface area contributed by atoms with E-state index in [1.165, 1.54) is 19.2 Å². The normalized spacial score (nSPS) is 9.94. The van der Waals surface area contributed by atoms with Crippen molar-refractivity contribution < 1.29 is 19.5 Å². The summed E-state index contributed by atoms with van der Waals surface area (Å²) in [5.41, 5.74) is 0.546. The first-order valence-electron chi connectivity index (χ1n) is 4.66. The lowest BCUT2D eigenvalue weighted by Gasteiger charge is -2.12. The van der Waals surface area contributed by atoms with Gasteiger partial charge in [-0.2, -0.15) is 0 Å². The highest BCUT2D eigenvalue weighted by atomic mass is 16.6. The third-order valence-electron chi connectivity index (χ3n) is 1.99. The van der Waals surface area contributed by atoms with Gasteiger partial charge in [0.05, 0.1) is 24.7 Å². The van der Waals surface area contributed by atoms with E-state index in [2.05, 4.69) is 0 Å². The second-order valence-electron chi connectivity index (χ2n) is 3.12. The Morgan fingerprint density at radius 3 is 2.69 bits per heavy atom. The minimum atomic E-state index is -0.495. The molecule has 0 saturated carbocycles. The van der Waals surface area contributed by atoms with Crippen molar-refractivity contribution in [1.29, 1.82) is 0 Å². The van der Waals surface area contributed by atoms with Gasteiger partial charge in [-0.3, -0.25) is 10.1 Å². The summed E-state index contributed by atoms with van der Waals surface area (Å²) in [5.74, 6) is 0.710. The topological polar surface area (TPSA) is 81.8 Å². The molecule has 0 unspecified atom stereocenters. The number of aliphatic hydroxyl groups excluding tert-OH is 1. The molecule has 0 fully saturated rings. The van der Waals surface area contributed by atoms with Crippen LogP contribution in [0.5, 0.6) is 11.5 Å². The van der Waals surface area contributed by atoms with E-state index in [-0.39, 0.29) is 18.9 Å². The molecule has 1 aromatic rings. The molecule has 0 atom stereocenters. The first-order chi connectivity index (χ1) is 7.60. The summed E-state index contributed by atoms with van der Waals surface area (Å²) in [5, 5.41) is 19.3. The molecular weight excluding hydrogens is 214 g/mol. The van der Waals surface area contributed by atoms with Gasteiger partial charge in [0, 0.05) is 11.6 Å². The molecule has 1 rings (SSSR count). The van der Waals surface area contributed by atoms with Gasteiger partial charge in [-0.05, 0) is 6.92 Å². The van der Waals surface area contributed by atoms with Crippen LogP contribution < -0.4 is 9.47 Å². The SMILES string of the molecule is COc1cc([N+](=O)[O-])cc(C)c1OCCO. The third-order valence-corrected chi connectivity index (χ3v) is 1.99. The highest BCUT2D eigenvalue weighted by Crippen LogP contribution is 2.34. The molecule has 6 heteroatoms. The maximum absolute atomic E-state index is 10.6. The smallest absolute Gasteiger partial charge is 0.273 e. The number of hydrogen-bond donors (Lipinski definition) is 1. The van der Waals surface area contributed by atoms with Crippen molar-refractivity contribution in [2.45, 2.75) is 6.92 Å². The van der Waals surface area contributed by atoms with Crippen LogP contribution in [0.1, 0.15) is 5.56 Å². The molecule has 0 aromatic heterocycles. The molecule has 0 aliphatic carbocycles. The fourth-order valence-corrected chi connectivity index (χ4v) is 1.31. The lowest BCUT2D eigenvalue weighted by Crippen LogP contribution is -2.05. The molecule has 1 N–H and O–H groups in total. The van der Waals surface area contributed by atoms with E-state index in [0.29, 0.717) is 17.1 Å². The van der Waals surface area contributed by atoms with Crippen molar-refractivity contribution in [2.75, 3.05) is 20.3 Å². The molecule has 0 saturated heterocycles. The van der Waals surface area contributed by atoms with Gasteiger partial charge < -0.3 is 14.6 Å². The zero-order valence-corrected chi connectivity index (χ0v) is 9.10. The number of benzene rings is 1. The maximum atomic E-state index is 10.6. The summed E-state index contributed by atoms with van der Waals surface area (Å²) >= 11 is 0. The lowest BCUT2D eigenvalue weighted by molar-refractivity contribution is -0.385. The Bertz CT molecular complexity index is 391. The lowest BCUT2D eigenvalue weighted by atomic mass is 10.2. The van der Waals surface area contributed by atoms with Gasteiger partial charge in [-0.15, -0.1) is 0 Å². The van der Waals surface area contributed by atoms with Gasteiger partial charge in [0.25, 0.3) is 5.69 Å². The van der Waals surface area contributed by atoms with Crippen LogP contribution in [-0.2, 0) is 0 Å². The predicted octanol–water partition coefficient (Wildman–Crippen LogP) is 1.28. The molecule has 0 bridgehead atoms. The van der Waals surface area contributed by atoms with E-state index >= 15 is 0 Å². The molecular formula is C10H13NO5. The first-order valence-corrected chi connectivity index (χ1v) is 4.66. The Labute approximate surface area is 92.6 Å². The summed E-state index contributed by atoms with van der Waals surface area (Å²) in [7, 11) is 1.41. The van der Waals surface area contributed by atoms with Gasteiger partial charge >= 0.3 is 0 Å². The largest absolute Gasteiger partial charge is 0.493 e. The van der Waals surface area contributed by atoms with Crippen molar-refractivity contribution in [3.05, 3.63) is 27.8 Å². The number of nitrogens with zero attached hydrogens (tertiary/aromatic N) is 1. The van der Waals surface area contributed by atoms with Crippen molar-refractivity contribution in [2.24, 2.45) is 0 Å². The number of hydrogen-bond acceptors (Lipinski definition) is 5. The predicted molar refractivity (Wildman–Crippen MR) is 57.0 cm³/mol. The van der Waals surface area contributed by atoms with Gasteiger partial charge in [0.1, 0.15) is 6.61 Å². The van der Waals surface area contributed by atoms with Crippen molar-refractivity contribution in [3.63, 3.8) is 0 Å². The molecule has 6 nitrogen and oxygen atoms in total. The summed E-state index contributed by atoms with van der Waals surface area (Å²) in [6, 6.07) is 2.69. The number of aryl methyl sites for hydroxylation is 1. The molecule has 16 heavy (non-hydrogen) atoms. The van der Waals surface area contributed by atoms with E-state index < -0.39 is 4.92 Å². The molecule has 0 radical (unpaired) electrons. The van der Waals surface area contributed by atoms with Crippen molar-refractivity contribution in [3.8, 4) is 11.5 Å². The molecule has 1 aromatic carbocycles. The first kappa shape index (κ1) is 12.3. The molecule has 0 aliphatic heterocycles. The van der Waals surface area contributed by atoms with Crippen LogP contribution in [0.3, 0.4) is 0 Å². The van der Waals surface area contributed by atoms with E-state index in [4.69, 9.17) is 14.6 Å². The van der Waals surface area contributed by atoms with E-state index in [1.54, 1.807) is 6.92 Å². The Morgan fingerprint density at radius 2 is 2.19 bits per heavy atom. The number of ether oxygens (including phenoxy) is 2. The molecule has 88 valence electrons. The highest BCUT2D eigenvalue weighted by Gasteiger charge is 2.15. The van der Waals surface area contributed by atoms with Gasteiger partial charge in [-0.1, -0.05) is 0 Å².